The highest BCUT2D eigenvalue weighted by Crippen LogP contribution is 2.19. The number of carbonyl (C=O) groups excluding carboxylic acids is 1. The van der Waals surface area contributed by atoms with Crippen LogP contribution in [0.5, 0.6) is 0 Å². The molecule has 2 heterocycles. The van der Waals surface area contributed by atoms with Crippen LogP contribution in [0.25, 0.3) is 0 Å². The Morgan fingerprint density at radius 1 is 1.48 bits per heavy atom. The number of aromatic nitrogens is 2. The molecule has 2 aromatic rings. The van der Waals surface area contributed by atoms with E-state index in [9.17, 15) is 4.79 Å². The maximum Gasteiger partial charge on any atom is 0.271 e. The standard InChI is InChI=1S/C15H15N3O2S/c1-2-12(15-17-8-10-21-15)18-14(20)13-11(6-4-9-19)5-3-7-16-13/h3,5,7-8,10,12,19H,2,9H2,1H3,(H,18,20). The number of pyridine rings is 1. The van der Waals surface area contributed by atoms with Crippen molar-refractivity contribution in [2.75, 3.05) is 6.61 Å². The molecule has 0 radical (unpaired) electrons. The lowest BCUT2D eigenvalue weighted by Crippen LogP contribution is -2.29. The van der Waals surface area contributed by atoms with Gasteiger partial charge >= 0.3 is 0 Å². The molecule has 0 aliphatic carbocycles. The van der Waals surface area contributed by atoms with Gasteiger partial charge in [-0.05, 0) is 18.6 Å². The lowest BCUT2D eigenvalue weighted by atomic mass is 10.1. The Balaban J connectivity index is 2.20. The maximum atomic E-state index is 12.4. The number of thiazole rings is 1. The van der Waals surface area contributed by atoms with E-state index in [-0.39, 0.29) is 24.2 Å². The third-order valence-electron chi connectivity index (χ3n) is 2.79. The van der Waals surface area contributed by atoms with Gasteiger partial charge in [0.05, 0.1) is 11.6 Å². The summed E-state index contributed by atoms with van der Waals surface area (Å²) < 4.78 is 0. The number of aliphatic hydroxyl groups is 1. The SMILES string of the molecule is CCC(NC(=O)c1ncccc1C#CCO)c1nccs1. The lowest BCUT2D eigenvalue weighted by Gasteiger charge is -2.14. The Kier molecular flexibility index (Phi) is 5.43. The zero-order valence-electron chi connectivity index (χ0n) is 11.5. The van der Waals surface area contributed by atoms with Crippen molar-refractivity contribution < 1.29 is 9.90 Å². The summed E-state index contributed by atoms with van der Waals surface area (Å²) in [4.78, 5) is 20.7. The first-order valence-corrected chi connectivity index (χ1v) is 7.39. The molecule has 0 bridgehead atoms. The number of aliphatic hydroxyl groups excluding tert-OH is 1. The molecular weight excluding hydrogens is 286 g/mol. The molecule has 2 aromatic heterocycles. The summed E-state index contributed by atoms with van der Waals surface area (Å²) in [6.45, 7) is 1.73. The molecule has 6 heteroatoms. The Hall–Kier alpha value is -2.23. The van der Waals surface area contributed by atoms with Crippen LogP contribution in [0.2, 0.25) is 0 Å². The van der Waals surface area contributed by atoms with Crippen LogP contribution < -0.4 is 5.32 Å². The van der Waals surface area contributed by atoms with Crippen molar-refractivity contribution in [3.05, 3.63) is 46.2 Å². The molecule has 5 nitrogen and oxygen atoms in total. The van der Waals surface area contributed by atoms with Gasteiger partial charge in [-0.1, -0.05) is 18.8 Å². The Labute approximate surface area is 127 Å². The first-order valence-electron chi connectivity index (χ1n) is 6.51. The summed E-state index contributed by atoms with van der Waals surface area (Å²) in [6.07, 6.45) is 4.00. The molecule has 0 saturated carbocycles. The minimum absolute atomic E-state index is 0.141. The third-order valence-corrected chi connectivity index (χ3v) is 3.68. The molecule has 0 saturated heterocycles. The second kappa shape index (κ2) is 7.53. The Bertz CT molecular complexity index is 659. The minimum atomic E-state index is -0.292. The van der Waals surface area contributed by atoms with Crippen LogP contribution in [-0.4, -0.2) is 27.6 Å². The number of amides is 1. The van der Waals surface area contributed by atoms with Crippen LogP contribution in [-0.2, 0) is 0 Å². The van der Waals surface area contributed by atoms with Crippen molar-refractivity contribution in [2.45, 2.75) is 19.4 Å². The average molecular weight is 301 g/mol. The molecule has 0 aliphatic heterocycles. The van der Waals surface area contributed by atoms with Crippen LogP contribution in [0.15, 0.2) is 29.9 Å². The van der Waals surface area contributed by atoms with Gasteiger partial charge in [0.25, 0.3) is 5.91 Å². The molecule has 0 aliphatic rings. The molecule has 0 fully saturated rings. The molecule has 2 N–H and O–H groups in total. The van der Waals surface area contributed by atoms with E-state index in [1.165, 1.54) is 11.3 Å². The molecule has 2 rings (SSSR count). The van der Waals surface area contributed by atoms with E-state index in [2.05, 4.69) is 27.1 Å². The minimum Gasteiger partial charge on any atom is -0.384 e. The molecule has 1 amide bonds. The van der Waals surface area contributed by atoms with Crippen molar-refractivity contribution >= 4 is 17.2 Å². The fraction of sp³-hybridized carbons (Fsp3) is 0.267. The van der Waals surface area contributed by atoms with Gasteiger partial charge in [-0.2, -0.15) is 0 Å². The molecular formula is C15H15N3O2S. The summed E-state index contributed by atoms with van der Waals surface area (Å²) in [7, 11) is 0. The van der Waals surface area contributed by atoms with E-state index in [0.29, 0.717) is 5.56 Å². The van der Waals surface area contributed by atoms with Crippen LogP contribution in [0.3, 0.4) is 0 Å². The van der Waals surface area contributed by atoms with Gasteiger partial charge in [0.2, 0.25) is 0 Å². The molecule has 108 valence electrons. The average Bonchev–Trinajstić information content (AvgIpc) is 3.04. The van der Waals surface area contributed by atoms with Crippen molar-refractivity contribution in [3.8, 4) is 11.8 Å². The smallest absolute Gasteiger partial charge is 0.271 e. The van der Waals surface area contributed by atoms with Gasteiger partial charge in [-0.3, -0.25) is 4.79 Å². The van der Waals surface area contributed by atoms with Gasteiger partial charge in [0.15, 0.2) is 0 Å². The zero-order valence-corrected chi connectivity index (χ0v) is 12.4. The fourth-order valence-electron chi connectivity index (χ4n) is 1.79. The number of nitrogens with one attached hydrogen (secondary N) is 1. The predicted octanol–water partition coefficient (Wildman–Crippen LogP) is 1.76. The second-order valence-corrected chi connectivity index (χ2v) is 5.09. The molecule has 1 unspecified atom stereocenters. The molecule has 0 spiro atoms. The topological polar surface area (TPSA) is 75.1 Å². The highest BCUT2D eigenvalue weighted by molar-refractivity contribution is 7.09. The third kappa shape index (κ3) is 3.88. The van der Waals surface area contributed by atoms with Crippen LogP contribution in [0.1, 0.15) is 40.4 Å². The van der Waals surface area contributed by atoms with Gasteiger partial charge in [0.1, 0.15) is 17.3 Å². The van der Waals surface area contributed by atoms with Crippen molar-refractivity contribution in [2.24, 2.45) is 0 Å². The monoisotopic (exact) mass is 301 g/mol. The molecule has 21 heavy (non-hydrogen) atoms. The number of nitrogens with zero attached hydrogens (tertiary/aromatic N) is 2. The summed E-state index contributed by atoms with van der Waals surface area (Å²) >= 11 is 1.50. The Morgan fingerprint density at radius 3 is 3.00 bits per heavy atom. The maximum absolute atomic E-state index is 12.4. The van der Waals surface area contributed by atoms with Crippen LogP contribution >= 0.6 is 11.3 Å². The van der Waals surface area contributed by atoms with Crippen LogP contribution in [0, 0.1) is 11.8 Å². The summed E-state index contributed by atoms with van der Waals surface area (Å²) in [6, 6.07) is 3.27. The van der Waals surface area contributed by atoms with Crippen molar-refractivity contribution in [1.29, 1.82) is 0 Å². The van der Waals surface area contributed by atoms with Crippen molar-refractivity contribution in [3.63, 3.8) is 0 Å². The van der Waals surface area contributed by atoms with Gasteiger partial charge in [0, 0.05) is 17.8 Å². The first-order chi connectivity index (χ1) is 10.3. The quantitative estimate of drug-likeness (QED) is 0.844. The van der Waals surface area contributed by atoms with Crippen molar-refractivity contribution in [1.82, 2.24) is 15.3 Å². The highest BCUT2D eigenvalue weighted by atomic mass is 32.1. The predicted molar refractivity (Wildman–Crippen MR) is 80.8 cm³/mol. The van der Waals surface area contributed by atoms with Gasteiger partial charge in [-0.25, -0.2) is 9.97 Å². The highest BCUT2D eigenvalue weighted by Gasteiger charge is 2.18. The van der Waals surface area contributed by atoms with E-state index < -0.39 is 0 Å². The summed E-state index contributed by atoms with van der Waals surface area (Å²) in [5.74, 6) is 4.97. The molecule has 1 atom stereocenters. The number of rotatable bonds is 4. The van der Waals surface area contributed by atoms with E-state index in [0.717, 1.165) is 11.4 Å². The van der Waals surface area contributed by atoms with Gasteiger partial charge in [-0.15, -0.1) is 11.3 Å². The second-order valence-electron chi connectivity index (χ2n) is 4.16. The summed E-state index contributed by atoms with van der Waals surface area (Å²) in [5.41, 5.74) is 0.756. The Morgan fingerprint density at radius 2 is 2.33 bits per heavy atom. The van der Waals surface area contributed by atoms with Crippen LogP contribution in [0.4, 0.5) is 0 Å². The van der Waals surface area contributed by atoms with E-state index in [1.807, 2.05) is 12.3 Å². The normalized spacial score (nSPS) is 11.3. The lowest BCUT2D eigenvalue weighted by molar-refractivity contribution is 0.0930. The van der Waals surface area contributed by atoms with Gasteiger partial charge < -0.3 is 10.4 Å². The first kappa shape index (κ1) is 15.2. The zero-order chi connectivity index (χ0) is 15.1. The van der Waals surface area contributed by atoms with E-state index >= 15 is 0 Å². The summed E-state index contributed by atoms with van der Waals surface area (Å²) in [5, 5.41) is 14.4. The van der Waals surface area contributed by atoms with E-state index in [1.54, 1.807) is 24.5 Å². The largest absolute Gasteiger partial charge is 0.384 e. The van der Waals surface area contributed by atoms with E-state index in [4.69, 9.17) is 5.11 Å². The number of hydrogen-bond acceptors (Lipinski definition) is 5. The fourth-order valence-corrected chi connectivity index (χ4v) is 2.57. The number of carbonyl (C=O) groups is 1. The molecule has 0 aromatic carbocycles. The number of hydrogen-bond donors (Lipinski definition) is 2.